The molecule has 2 rings (SSSR count). The molecule has 0 fully saturated rings. The summed E-state index contributed by atoms with van der Waals surface area (Å²) >= 11 is 0. The lowest BCUT2D eigenvalue weighted by atomic mass is 10.1. The molecule has 0 amide bonds. The molecule has 0 saturated heterocycles. The van der Waals surface area contributed by atoms with Gasteiger partial charge in [0.05, 0.1) is 18.2 Å². The maximum absolute atomic E-state index is 5.09. The zero-order chi connectivity index (χ0) is 11.4. The summed E-state index contributed by atoms with van der Waals surface area (Å²) in [6.07, 6.45) is 6.59. The van der Waals surface area contributed by atoms with Gasteiger partial charge in [-0.05, 0) is 19.0 Å². The highest BCUT2D eigenvalue weighted by Gasteiger charge is 2.10. The summed E-state index contributed by atoms with van der Waals surface area (Å²) in [6, 6.07) is 1.94. The lowest BCUT2D eigenvalue weighted by Crippen LogP contribution is -2.13. The van der Waals surface area contributed by atoms with Crippen LogP contribution < -0.4 is 5.32 Å². The van der Waals surface area contributed by atoms with Crippen molar-refractivity contribution in [3.63, 3.8) is 0 Å². The van der Waals surface area contributed by atoms with Gasteiger partial charge in [0.2, 0.25) is 0 Å². The molecule has 4 heteroatoms. The predicted molar refractivity (Wildman–Crippen MR) is 62.9 cm³/mol. The lowest BCUT2D eigenvalue weighted by molar-refractivity contribution is 0.568. The van der Waals surface area contributed by atoms with Crippen LogP contribution in [0.15, 0.2) is 29.2 Å². The summed E-state index contributed by atoms with van der Waals surface area (Å²) in [5, 5.41) is 7.83. The van der Waals surface area contributed by atoms with Crippen molar-refractivity contribution in [3.8, 4) is 11.3 Å². The highest BCUT2D eigenvalue weighted by atomic mass is 16.3. The Balaban J connectivity index is 2.17. The van der Waals surface area contributed by atoms with Gasteiger partial charge in [-0.1, -0.05) is 6.92 Å². The van der Waals surface area contributed by atoms with Crippen molar-refractivity contribution < 1.29 is 4.42 Å². The van der Waals surface area contributed by atoms with Gasteiger partial charge in [0.1, 0.15) is 0 Å². The lowest BCUT2D eigenvalue weighted by Gasteiger charge is -2.01. The Morgan fingerprint density at radius 3 is 3.06 bits per heavy atom. The topological polar surface area (TPSA) is 43.0 Å². The Labute approximate surface area is 95.3 Å². The quantitative estimate of drug-likeness (QED) is 0.784. The van der Waals surface area contributed by atoms with Gasteiger partial charge < -0.3 is 9.73 Å². The summed E-state index contributed by atoms with van der Waals surface area (Å²) < 4.78 is 6.93. The zero-order valence-electron chi connectivity index (χ0n) is 9.73. The highest BCUT2D eigenvalue weighted by molar-refractivity contribution is 5.61. The van der Waals surface area contributed by atoms with E-state index in [0.717, 1.165) is 30.8 Å². The number of hydrogen-bond acceptors (Lipinski definition) is 3. The van der Waals surface area contributed by atoms with Crippen LogP contribution in [0.4, 0.5) is 0 Å². The standard InChI is InChI=1S/C12H17N3O/c1-3-5-13-7-11-8-15(2)14-12(11)10-4-6-16-9-10/h4,6,8-9,13H,3,5,7H2,1-2H3. The number of nitrogens with one attached hydrogen (secondary N) is 1. The molecule has 0 aromatic carbocycles. The number of nitrogens with zero attached hydrogens (tertiary/aromatic N) is 2. The number of furan rings is 1. The van der Waals surface area contributed by atoms with Crippen molar-refractivity contribution in [2.45, 2.75) is 19.9 Å². The fraction of sp³-hybridized carbons (Fsp3) is 0.417. The van der Waals surface area contributed by atoms with E-state index in [0.29, 0.717) is 0 Å². The van der Waals surface area contributed by atoms with Crippen LogP contribution in [0.25, 0.3) is 11.3 Å². The normalized spacial score (nSPS) is 10.9. The Kier molecular flexibility index (Phi) is 3.41. The minimum atomic E-state index is 0.849. The van der Waals surface area contributed by atoms with Crippen LogP contribution >= 0.6 is 0 Å². The molecule has 0 spiro atoms. The Morgan fingerprint density at radius 1 is 1.50 bits per heavy atom. The molecule has 4 nitrogen and oxygen atoms in total. The van der Waals surface area contributed by atoms with E-state index in [-0.39, 0.29) is 0 Å². The van der Waals surface area contributed by atoms with E-state index in [4.69, 9.17) is 4.42 Å². The molecular formula is C12H17N3O. The summed E-state index contributed by atoms with van der Waals surface area (Å²) in [5.41, 5.74) is 3.24. The molecular weight excluding hydrogens is 202 g/mol. The summed E-state index contributed by atoms with van der Waals surface area (Å²) in [5.74, 6) is 0. The van der Waals surface area contributed by atoms with Crippen LogP contribution in [0, 0.1) is 0 Å². The highest BCUT2D eigenvalue weighted by Crippen LogP contribution is 2.21. The zero-order valence-corrected chi connectivity index (χ0v) is 9.73. The van der Waals surface area contributed by atoms with Crippen molar-refractivity contribution >= 4 is 0 Å². The van der Waals surface area contributed by atoms with Gasteiger partial charge in [-0.25, -0.2) is 0 Å². The summed E-state index contributed by atoms with van der Waals surface area (Å²) in [4.78, 5) is 0. The average Bonchev–Trinajstić information content (AvgIpc) is 2.87. The number of aromatic nitrogens is 2. The molecule has 0 bridgehead atoms. The number of aryl methyl sites for hydroxylation is 1. The molecule has 0 aliphatic rings. The molecule has 2 heterocycles. The fourth-order valence-electron chi connectivity index (χ4n) is 1.71. The van der Waals surface area contributed by atoms with Crippen molar-refractivity contribution in [1.82, 2.24) is 15.1 Å². The SMILES string of the molecule is CCCNCc1cn(C)nc1-c1ccoc1. The minimum absolute atomic E-state index is 0.849. The van der Waals surface area contributed by atoms with E-state index in [1.54, 1.807) is 12.5 Å². The maximum Gasteiger partial charge on any atom is 0.1000 e. The van der Waals surface area contributed by atoms with Gasteiger partial charge in [-0.15, -0.1) is 0 Å². The molecule has 0 radical (unpaired) electrons. The van der Waals surface area contributed by atoms with Crippen LogP contribution in [0.5, 0.6) is 0 Å². The predicted octanol–water partition coefficient (Wildman–Crippen LogP) is 2.18. The second-order valence-electron chi connectivity index (χ2n) is 3.87. The molecule has 0 unspecified atom stereocenters. The third-order valence-electron chi connectivity index (χ3n) is 2.44. The van der Waals surface area contributed by atoms with E-state index in [1.807, 2.05) is 24.0 Å². The second kappa shape index (κ2) is 4.99. The first-order valence-corrected chi connectivity index (χ1v) is 5.57. The molecule has 16 heavy (non-hydrogen) atoms. The van der Waals surface area contributed by atoms with E-state index in [1.165, 1.54) is 5.56 Å². The Hall–Kier alpha value is -1.55. The number of rotatable bonds is 5. The van der Waals surface area contributed by atoms with E-state index < -0.39 is 0 Å². The molecule has 0 aliphatic carbocycles. The van der Waals surface area contributed by atoms with Crippen LogP contribution in [0.1, 0.15) is 18.9 Å². The van der Waals surface area contributed by atoms with Gasteiger partial charge in [-0.3, -0.25) is 4.68 Å². The smallest absolute Gasteiger partial charge is 0.1000 e. The van der Waals surface area contributed by atoms with Crippen molar-refractivity contribution in [2.24, 2.45) is 7.05 Å². The van der Waals surface area contributed by atoms with Crippen molar-refractivity contribution in [1.29, 1.82) is 0 Å². The van der Waals surface area contributed by atoms with E-state index in [9.17, 15) is 0 Å². The molecule has 86 valence electrons. The minimum Gasteiger partial charge on any atom is -0.472 e. The second-order valence-corrected chi connectivity index (χ2v) is 3.87. The molecule has 0 saturated carbocycles. The molecule has 0 atom stereocenters. The van der Waals surface area contributed by atoms with E-state index >= 15 is 0 Å². The molecule has 1 N–H and O–H groups in total. The molecule has 2 aromatic rings. The van der Waals surface area contributed by atoms with Crippen LogP contribution in [0.2, 0.25) is 0 Å². The third-order valence-corrected chi connectivity index (χ3v) is 2.44. The van der Waals surface area contributed by atoms with Crippen LogP contribution in [0.3, 0.4) is 0 Å². The van der Waals surface area contributed by atoms with Gasteiger partial charge in [0.25, 0.3) is 0 Å². The summed E-state index contributed by atoms with van der Waals surface area (Å²) in [7, 11) is 1.94. The first kappa shape index (κ1) is 11.0. The largest absolute Gasteiger partial charge is 0.472 e. The van der Waals surface area contributed by atoms with Gasteiger partial charge >= 0.3 is 0 Å². The fourth-order valence-corrected chi connectivity index (χ4v) is 1.71. The Morgan fingerprint density at radius 2 is 2.38 bits per heavy atom. The van der Waals surface area contributed by atoms with Crippen molar-refractivity contribution in [3.05, 3.63) is 30.4 Å². The molecule has 2 aromatic heterocycles. The van der Waals surface area contributed by atoms with Crippen LogP contribution in [-0.2, 0) is 13.6 Å². The first-order chi connectivity index (χ1) is 7.81. The van der Waals surface area contributed by atoms with E-state index in [2.05, 4.69) is 17.3 Å². The van der Waals surface area contributed by atoms with Crippen molar-refractivity contribution in [2.75, 3.05) is 6.54 Å². The third kappa shape index (κ3) is 2.33. The van der Waals surface area contributed by atoms with Crippen LogP contribution in [-0.4, -0.2) is 16.3 Å². The average molecular weight is 219 g/mol. The monoisotopic (exact) mass is 219 g/mol. The van der Waals surface area contributed by atoms with Gasteiger partial charge in [0.15, 0.2) is 0 Å². The first-order valence-electron chi connectivity index (χ1n) is 5.57. The van der Waals surface area contributed by atoms with Gasteiger partial charge in [-0.2, -0.15) is 5.10 Å². The number of hydrogen-bond donors (Lipinski definition) is 1. The Bertz CT molecular complexity index is 431. The van der Waals surface area contributed by atoms with Gasteiger partial charge in [0, 0.05) is 30.9 Å². The summed E-state index contributed by atoms with van der Waals surface area (Å²) in [6.45, 7) is 4.04. The maximum atomic E-state index is 5.09. The molecule has 0 aliphatic heterocycles.